The van der Waals surface area contributed by atoms with Crippen LogP contribution in [0.2, 0.25) is 0 Å². The van der Waals surface area contributed by atoms with E-state index in [2.05, 4.69) is 34.9 Å². The molecule has 4 rings (SSSR count). The average Bonchev–Trinajstić information content (AvgIpc) is 3.09. The van der Waals surface area contributed by atoms with Gasteiger partial charge in [0.1, 0.15) is 6.61 Å². The monoisotopic (exact) mass is 464 g/mol. The molecule has 0 aliphatic heterocycles. The summed E-state index contributed by atoms with van der Waals surface area (Å²) in [6, 6.07) is 16.3. The number of carbonyl (C=O) groups is 3. The number of aliphatic carboxylic acids is 1. The summed E-state index contributed by atoms with van der Waals surface area (Å²) < 4.78 is 5.58. The number of nitrogens with one attached hydrogen (secondary N) is 2. The van der Waals surface area contributed by atoms with E-state index in [1.54, 1.807) is 0 Å². The minimum atomic E-state index is -0.804. The largest absolute Gasteiger partial charge is 0.481 e. The molecule has 0 heterocycles. The number of fused-ring (bicyclic) bond motifs is 3. The Kier molecular flexibility index (Phi) is 7.20. The fourth-order valence-corrected chi connectivity index (χ4v) is 5.05. The molecule has 1 atom stereocenters. The number of carboxylic acid groups (broad SMARTS) is 1. The van der Waals surface area contributed by atoms with Gasteiger partial charge >= 0.3 is 12.1 Å². The fraction of sp³-hybridized carbons (Fsp3) is 0.444. The molecule has 7 nitrogen and oxygen atoms in total. The summed E-state index contributed by atoms with van der Waals surface area (Å²) in [6.07, 6.45) is 0.972. The third-order valence-electron chi connectivity index (χ3n) is 7.00. The van der Waals surface area contributed by atoms with Crippen molar-refractivity contribution in [1.29, 1.82) is 0 Å². The maximum atomic E-state index is 12.8. The van der Waals surface area contributed by atoms with Crippen LogP contribution in [0.15, 0.2) is 48.5 Å². The summed E-state index contributed by atoms with van der Waals surface area (Å²) in [7, 11) is 0. The van der Waals surface area contributed by atoms with Crippen LogP contribution in [0.4, 0.5) is 4.79 Å². The van der Waals surface area contributed by atoms with Crippen LogP contribution >= 0.6 is 0 Å². The second-order valence-electron chi connectivity index (χ2n) is 9.70. The molecule has 180 valence electrons. The van der Waals surface area contributed by atoms with Crippen molar-refractivity contribution in [3.05, 3.63) is 59.7 Å². The third kappa shape index (κ3) is 5.24. The molecule has 0 aromatic heterocycles. The lowest BCUT2D eigenvalue weighted by Crippen LogP contribution is -2.49. The minimum absolute atomic E-state index is 0.00699. The number of hydrogen-bond donors (Lipinski definition) is 3. The molecule has 7 heteroatoms. The molecule has 1 saturated carbocycles. The van der Waals surface area contributed by atoms with Crippen LogP contribution in [-0.4, -0.2) is 42.3 Å². The van der Waals surface area contributed by atoms with E-state index in [4.69, 9.17) is 9.84 Å². The van der Waals surface area contributed by atoms with Crippen LogP contribution in [0.1, 0.15) is 50.2 Å². The molecule has 2 aliphatic carbocycles. The van der Waals surface area contributed by atoms with Gasteiger partial charge in [-0.15, -0.1) is 0 Å². The first-order valence-electron chi connectivity index (χ1n) is 11.9. The summed E-state index contributed by atoms with van der Waals surface area (Å²) in [5.74, 6) is -1.17. The van der Waals surface area contributed by atoms with Gasteiger partial charge in [0.15, 0.2) is 0 Å². The van der Waals surface area contributed by atoms with Gasteiger partial charge in [-0.3, -0.25) is 9.59 Å². The molecule has 0 spiro atoms. The molecule has 2 amide bonds. The minimum Gasteiger partial charge on any atom is -0.481 e. The molecule has 0 radical (unpaired) electrons. The van der Waals surface area contributed by atoms with Gasteiger partial charge in [-0.2, -0.15) is 0 Å². The Labute approximate surface area is 199 Å². The van der Waals surface area contributed by atoms with E-state index in [1.807, 2.05) is 38.1 Å². The van der Waals surface area contributed by atoms with Crippen molar-refractivity contribution in [3.8, 4) is 11.1 Å². The van der Waals surface area contributed by atoms with Crippen LogP contribution in [0.25, 0.3) is 11.1 Å². The highest BCUT2D eigenvalue weighted by Gasteiger charge is 2.34. The van der Waals surface area contributed by atoms with Gasteiger partial charge in [0.25, 0.3) is 0 Å². The Morgan fingerprint density at radius 3 is 2.15 bits per heavy atom. The van der Waals surface area contributed by atoms with Gasteiger partial charge in [0.05, 0.1) is 5.92 Å². The Morgan fingerprint density at radius 1 is 1.00 bits per heavy atom. The van der Waals surface area contributed by atoms with Crippen LogP contribution in [0.3, 0.4) is 0 Å². The van der Waals surface area contributed by atoms with Crippen molar-refractivity contribution < 1.29 is 24.2 Å². The number of benzene rings is 2. The topological polar surface area (TPSA) is 105 Å². The number of hydrogen-bond acceptors (Lipinski definition) is 4. The third-order valence-corrected chi connectivity index (χ3v) is 7.00. The zero-order valence-corrected chi connectivity index (χ0v) is 19.6. The van der Waals surface area contributed by atoms with Crippen molar-refractivity contribution in [3.63, 3.8) is 0 Å². The normalized spacial score (nSPS) is 19.5. The molecule has 3 N–H and O–H groups in total. The summed E-state index contributed by atoms with van der Waals surface area (Å²) in [5, 5.41) is 14.6. The fourth-order valence-electron chi connectivity index (χ4n) is 5.05. The van der Waals surface area contributed by atoms with Gasteiger partial charge in [0, 0.05) is 24.9 Å². The highest BCUT2D eigenvalue weighted by Crippen LogP contribution is 2.44. The van der Waals surface area contributed by atoms with Crippen molar-refractivity contribution in [1.82, 2.24) is 10.6 Å². The molecule has 2 aliphatic rings. The van der Waals surface area contributed by atoms with Crippen LogP contribution in [-0.2, 0) is 14.3 Å². The lowest BCUT2D eigenvalue weighted by Gasteiger charge is -2.36. The van der Waals surface area contributed by atoms with Crippen LogP contribution < -0.4 is 10.6 Å². The van der Waals surface area contributed by atoms with Gasteiger partial charge in [-0.25, -0.2) is 4.79 Å². The predicted molar refractivity (Wildman–Crippen MR) is 128 cm³/mol. The van der Waals surface area contributed by atoms with E-state index >= 15 is 0 Å². The van der Waals surface area contributed by atoms with Crippen molar-refractivity contribution >= 4 is 18.0 Å². The van der Waals surface area contributed by atoms with E-state index < -0.39 is 12.1 Å². The standard InChI is InChI=1S/C27H32N2O5/c1-16(2)23(26(32)29-18-11-17(12-18)13-25(30)31)14-28-27(33)34-15-24-21-9-5-3-7-19(21)20-8-4-6-10-22(20)24/h3-10,16-18,23-24H,11-15H2,1-2H3,(H,28,33)(H,29,32)(H,30,31). The van der Waals surface area contributed by atoms with Gasteiger partial charge in [-0.1, -0.05) is 62.4 Å². The van der Waals surface area contributed by atoms with Crippen molar-refractivity contribution in [2.75, 3.05) is 13.2 Å². The number of alkyl carbamates (subject to hydrolysis) is 1. The highest BCUT2D eigenvalue weighted by atomic mass is 16.5. The number of ether oxygens (including phenoxy) is 1. The quantitative estimate of drug-likeness (QED) is 0.517. The zero-order valence-electron chi connectivity index (χ0n) is 19.6. The van der Waals surface area contributed by atoms with Crippen molar-refractivity contribution in [2.45, 2.75) is 45.1 Å². The number of amides is 2. The average molecular weight is 465 g/mol. The lowest BCUT2D eigenvalue weighted by molar-refractivity contribution is -0.139. The Hall–Kier alpha value is -3.35. The highest BCUT2D eigenvalue weighted by molar-refractivity contribution is 5.81. The molecule has 2 aromatic carbocycles. The number of carboxylic acids is 1. The molecular formula is C27H32N2O5. The predicted octanol–water partition coefficient (Wildman–Crippen LogP) is 4.17. The maximum Gasteiger partial charge on any atom is 0.407 e. The molecule has 34 heavy (non-hydrogen) atoms. The molecule has 1 fully saturated rings. The van der Waals surface area contributed by atoms with E-state index in [1.165, 1.54) is 11.1 Å². The first kappa shape index (κ1) is 23.8. The lowest BCUT2D eigenvalue weighted by atomic mass is 9.78. The molecule has 0 bridgehead atoms. The second kappa shape index (κ2) is 10.3. The number of carbonyl (C=O) groups excluding carboxylic acids is 2. The zero-order chi connectivity index (χ0) is 24.2. The summed E-state index contributed by atoms with van der Waals surface area (Å²) in [6.45, 7) is 4.30. The van der Waals surface area contributed by atoms with Gasteiger partial charge in [0.2, 0.25) is 5.91 Å². The summed E-state index contributed by atoms with van der Waals surface area (Å²) in [4.78, 5) is 36.0. The summed E-state index contributed by atoms with van der Waals surface area (Å²) in [5.41, 5.74) is 4.64. The van der Waals surface area contributed by atoms with Crippen molar-refractivity contribution in [2.24, 2.45) is 17.8 Å². The molecular weight excluding hydrogens is 432 g/mol. The molecule has 2 aromatic rings. The van der Waals surface area contributed by atoms with Gasteiger partial charge in [-0.05, 0) is 46.9 Å². The van der Waals surface area contributed by atoms with Gasteiger partial charge < -0.3 is 20.5 Å². The summed E-state index contributed by atoms with van der Waals surface area (Å²) >= 11 is 0. The smallest absolute Gasteiger partial charge is 0.407 e. The molecule has 0 saturated heterocycles. The number of rotatable bonds is 9. The van der Waals surface area contributed by atoms with E-state index in [0.29, 0.717) is 12.8 Å². The maximum absolute atomic E-state index is 12.8. The first-order chi connectivity index (χ1) is 16.3. The Morgan fingerprint density at radius 2 is 1.59 bits per heavy atom. The second-order valence-corrected chi connectivity index (χ2v) is 9.70. The Bertz CT molecular complexity index is 1010. The van der Waals surface area contributed by atoms with E-state index in [9.17, 15) is 14.4 Å². The van der Waals surface area contributed by atoms with E-state index in [0.717, 1.165) is 11.1 Å². The van der Waals surface area contributed by atoms with E-state index in [-0.39, 0.29) is 55.2 Å². The Balaban J connectivity index is 1.27. The molecule has 1 unspecified atom stereocenters. The van der Waals surface area contributed by atoms with Crippen LogP contribution in [0, 0.1) is 17.8 Å². The SMILES string of the molecule is CC(C)C(CNC(=O)OCC1c2ccccc2-c2ccccc21)C(=O)NC1CC(CC(=O)O)C1. The van der Waals surface area contributed by atoms with Crippen LogP contribution in [0.5, 0.6) is 0 Å². The first-order valence-corrected chi connectivity index (χ1v) is 11.9.